The Morgan fingerprint density at radius 1 is 1.00 bits per heavy atom. The summed E-state index contributed by atoms with van der Waals surface area (Å²) >= 11 is 0. The number of benzene rings is 3. The van der Waals surface area contributed by atoms with Gasteiger partial charge in [0.1, 0.15) is 23.4 Å². The minimum absolute atomic E-state index is 0.109. The molecule has 1 aliphatic heterocycles. The summed E-state index contributed by atoms with van der Waals surface area (Å²) in [6.07, 6.45) is 2.38. The van der Waals surface area contributed by atoms with Crippen molar-refractivity contribution in [3.05, 3.63) is 95.4 Å². The van der Waals surface area contributed by atoms with Gasteiger partial charge in [-0.3, -0.25) is 4.79 Å². The Morgan fingerprint density at radius 2 is 1.76 bits per heavy atom. The van der Waals surface area contributed by atoms with E-state index < -0.39 is 0 Å². The monoisotopic (exact) mass is 512 g/mol. The molecule has 0 bridgehead atoms. The van der Waals surface area contributed by atoms with Crippen LogP contribution in [0.25, 0.3) is 11.1 Å². The largest absolute Gasteiger partial charge is 0.497 e. The van der Waals surface area contributed by atoms with Crippen LogP contribution in [0.5, 0.6) is 11.5 Å². The van der Waals surface area contributed by atoms with E-state index in [4.69, 9.17) is 14.0 Å². The molecule has 6 nitrogen and oxygen atoms in total. The average Bonchev–Trinajstić information content (AvgIpc) is 3.17. The van der Waals surface area contributed by atoms with Crippen molar-refractivity contribution in [3.63, 3.8) is 0 Å². The number of aromatic nitrogens is 1. The van der Waals surface area contributed by atoms with Gasteiger partial charge < -0.3 is 18.9 Å². The van der Waals surface area contributed by atoms with Gasteiger partial charge in [0.2, 0.25) is 6.41 Å². The van der Waals surface area contributed by atoms with E-state index in [-0.39, 0.29) is 6.10 Å². The molecule has 0 radical (unpaired) electrons. The fraction of sp³-hybridized carbons (Fsp3) is 0.312. The highest BCUT2D eigenvalue weighted by Crippen LogP contribution is 2.34. The first-order valence-corrected chi connectivity index (χ1v) is 13.0. The molecule has 1 amide bonds. The second kappa shape index (κ2) is 12.5. The fourth-order valence-corrected chi connectivity index (χ4v) is 4.74. The Hall–Kier alpha value is -4.06. The van der Waals surface area contributed by atoms with Gasteiger partial charge in [0.25, 0.3) is 0 Å². The number of ether oxygens (including phenoxy) is 2. The van der Waals surface area contributed by atoms with Gasteiger partial charge >= 0.3 is 0 Å². The van der Waals surface area contributed by atoms with Crippen LogP contribution in [-0.4, -0.2) is 31.3 Å². The molecule has 3 aromatic carbocycles. The van der Waals surface area contributed by atoms with Crippen molar-refractivity contribution in [2.75, 3.05) is 18.6 Å². The maximum Gasteiger partial charge on any atom is 0.214 e. The van der Waals surface area contributed by atoms with Gasteiger partial charge in [0.15, 0.2) is 0 Å². The second-order valence-corrected chi connectivity index (χ2v) is 9.82. The highest BCUT2D eigenvalue weighted by molar-refractivity contribution is 5.80. The molecule has 1 aromatic heterocycles. The number of hydrogen-bond acceptors (Lipinski definition) is 5. The third-order valence-electron chi connectivity index (χ3n) is 6.78. The van der Waals surface area contributed by atoms with E-state index in [0.29, 0.717) is 12.5 Å². The third-order valence-corrected chi connectivity index (χ3v) is 6.78. The molecule has 2 heterocycles. The molecule has 0 aliphatic carbocycles. The molecule has 198 valence electrons. The summed E-state index contributed by atoms with van der Waals surface area (Å²) in [7, 11) is 1.63. The number of carbonyl (C=O) groups is 1. The van der Waals surface area contributed by atoms with Crippen molar-refractivity contribution >= 4 is 12.1 Å². The van der Waals surface area contributed by atoms with E-state index in [1.54, 1.807) is 12.0 Å². The molecule has 0 fully saturated rings. The maximum absolute atomic E-state index is 11.8. The Kier molecular flexibility index (Phi) is 8.85. The van der Waals surface area contributed by atoms with Crippen LogP contribution in [0.15, 0.2) is 77.3 Å². The fourth-order valence-electron chi connectivity index (χ4n) is 4.74. The van der Waals surface area contributed by atoms with Crippen molar-refractivity contribution < 1.29 is 18.8 Å². The van der Waals surface area contributed by atoms with E-state index >= 15 is 0 Å². The summed E-state index contributed by atoms with van der Waals surface area (Å²) in [5, 5.41) is 4.06. The molecule has 1 atom stereocenters. The minimum atomic E-state index is -0.109. The van der Waals surface area contributed by atoms with Gasteiger partial charge in [0.05, 0.1) is 19.3 Å². The van der Waals surface area contributed by atoms with Crippen molar-refractivity contribution in [1.82, 2.24) is 5.16 Å². The van der Waals surface area contributed by atoms with E-state index in [1.165, 1.54) is 5.56 Å². The summed E-state index contributed by atoms with van der Waals surface area (Å²) in [6, 6.07) is 24.2. The van der Waals surface area contributed by atoms with Gasteiger partial charge in [-0.1, -0.05) is 61.5 Å². The lowest BCUT2D eigenvalue weighted by Gasteiger charge is -2.23. The quantitative estimate of drug-likeness (QED) is 0.257. The summed E-state index contributed by atoms with van der Waals surface area (Å²) in [6.45, 7) is 8.76. The average molecular weight is 513 g/mol. The summed E-state index contributed by atoms with van der Waals surface area (Å²) in [4.78, 5) is 13.5. The number of nitrogens with zero attached hydrogens (tertiary/aromatic N) is 2. The van der Waals surface area contributed by atoms with Gasteiger partial charge in [-0.25, -0.2) is 0 Å². The zero-order valence-electron chi connectivity index (χ0n) is 22.8. The molecule has 6 heteroatoms. The summed E-state index contributed by atoms with van der Waals surface area (Å²) in [5.41, 5.74) is 6.38. The molecule has 0 saturated carbocycles. The van der Waals surface area contributed by atoms with Gasteiger partial charge in [-0.15, -0.1) is 0 Å². The van der Waals surface area contributed by atoms with Crippen LogP contribution >= 0.6 is 0 Å². The van der Waals surface area contributed by atoms with Gasteiger partial charge in [0, 0.05) is 17.3 Å². The number of aryl methyl sites for hydroxylation is 3. The Bertz CT molecular complexity index is 1330. The van der Waals surface area contributed by atoms with Crippen LogP contribution in [0, 0.1) is 13.8 Å². The molecule has 0 N–H and O–H groups in total. The molecule has 1 aliphatic rings. The first kappa shape index (κ1) is 27.0. The lowest BCUT2D eigenvalue weighted by Crippen LogP contribution is -2.33. The Labute approximate surface area is 225 Å². The zero-order chi connectivity index (χ0) is 27.1. The van der Waals surface area contributed by atoms with Gasteiger partial charge in [-0.2, -0.15) is 0 Å². The molecule has 38 heavy (non-hydrogen) atoms. The molecule has 0 saturated heterocycles. The number of anilines is 1. The highest BCUT2D eigenvalue weighted by atomic mass is 16.5. The number of fused-ring (bicyclic) bond motifs is 1. The standard InChI is InChI=1S/C23H24N2O4.C9H12/c1-15-23(16(2)29-24-15)18-8-10-22-17(11-18)7-9-21(13-25(22)14-26)28-20-6-4-5-19(12-20)27-3;1-8(2)9-6-4-3-5-7-9/h4-6,8,10-12,14,21H,7,9,13H2,1-3H3;3-8H,1-2H3/t21-;/m0./s1. The van der Waals surface area contributed by atoms with Gasteiger partial charge in [-0.05, 0) is 73.6 Å². The van der Waals surface area contributed by atoms with Crippen LogP contribution in [0.3, 0.4) is 0 Å². The number of methoxy groups -OCH3 is 1. The summed E-state index contributed by atoms with van der Waals surface area (Å²) in [5.74, 6) is 2.94. The van der Waals surface area contributed by atoms with Crippen molar-refractivity contribution in [3.8, 4) is 22.6 Å². The lowest BCUT2D eigenvalue weighted by molar-refractivity contribution is -0.107. The predicted molar refractivity (Wildman–Crippen MR) is 151 cm³/mol. The van der Waals surface area contributed by atoms with Crippen LogP contribution in [0.1, 0.15) is 48.8 Å². The first-order chi connectivity index (χ1) is 18.4. The Balaban J connectivity index is 0.000000317. The normalized spacial score (nSPS) is 14.7. The SMILES string of the molecule is CC(C)c1ccccc1.COc1cccc(O[C@H]2CCc3cc(-c4c(C)noc4C)ccc3N(C=O)C2)c1. The third kappa shape index (κ3) is 6.43. The van der Waals surface area contributed by atoms with Crippen LogP contribution in [0.2, 0.25) is 0 Å². The van der Waals surface area contributed by atoms with E-state index in [9.17, 15) is 4.79 Å². The number of hydrogen-bond donors (Lipinski definition) is 0. The van der Waals surface area contributed by atoms with Crippen molar-refractivity contribution in [1.29, 1.82) is 0 Å². The maximum atomic E-state index is 11.8. The van der Waals surface area contributed by atoms with E-state index in [0.717, 1.165) is 64.6 Å². The molecule has 0 unspecified atom stereocenters. The van der Waals surface area contributed by atoms with Crippen LogP contribution in [-0.2, 0) is 11.2 Å². The Morgan fingerprint density at radius 3 is 2.39 bits per heavy atom. The number of amides is 1. The molecule has 5 rings (SSSR count). The number of rotatable bonds is 6. The predicted octanol–water partition coefficient (Wildman–Crippen LogP) is 7.13. The van der Waals surface area contributed by atoms with E-state index in [2.05, 4.69) is 49.3 Å². The van der Waals surface area contributed by atoms with Crippen molar-refractivity contribution in [2.24, 2.45) is 0 Å². The smallest absolute Gasteiger partial charge is 0.214 e. The molecule has 4 aromatic rings. The highest BCUT2D eigenvalue weighted by Gasteiger charge is 2.24. The minimum Gasteiger partial charge on any atom is -0.497 e. The van der Waals surface area contributed by atoms with E-state index in [1.807, 2.05) is 56.3 Å². The van der Waals surface area contributed by atoms with Crippen LogP contribution in [0.4, 0.5) is 5.69 Å². The molecular weight excluding hydrogens is 476 g/mol. The summed E-state index contributed by atoms with van der Waals surface area (Å²) < 4.78 is 16.8. The lowest BCUT2D eigenvalue weighted by atomic mass is 9.98. The van der Waals surface area contributed by atoms with Crippen LogP contribution < -0.4 is 14.4 Å². The topological polar surface area (TPSA) is 64.8 Å². The second-order valence-electron chi connectivity index (χ2n) is 9.82. The first-order valence-electron chi connectivity index (χ1n) is 13.0. The zero-order valence-corrected chi connectivity index (χ0v) is 22.8. The van der Waals surface area contributed by atoms with Crippen molar-refractivity contribution in [2.45, 2.75) is 52.6 Å². The molecule has 0 spiro atoms. The molecular formula is C32H36N2O4. The number of carbonyl (C=O) groups excluding carboxylic acids is 1.